The van der Waals surface area contributed by atoms with Crippen molar-refractivity contribution in [1.82, 2.24) is 9.97 Å². The molecule has 0 radical (unpaired) electrons. The lowest BCUT2D eigenvalue weighted by molar-refractivity contribution is 1.18. The molecule has 0 N–H and O–H groups in total. The second-order valence-electron chi connectivity index (χ2n) is 13.8. The highest BCUT2D eigenvalue weighted by Crippen LogP contribution is 2.38. The molecule has 0 spiro atoms. The van der Waals surface area contributed by atoms with Crippen molar-refractivity contribution in [3.63, 3.8) is 0 Å². The van der Waals surface area contributed by atoms with Crippen molar-refractivity contribution < 1.29 is 0 Å². The Labute approximate surface area is 314 Å². The molecule has 0 fully saturated rings. The lowest BCUT2D eigenvalue weighted by Gasteiger charge is -2.12. The molecule has 0 atom stereocenters. The number of fused-ring (bicyclic) bond motifs is 6. The average molecular weight is 687 g/mol. The summed E-state index contributed by atoms with van der Waals surface area (Å²) in [5.41, 5.74) is 12.1. The molecular formula is C52H34N2. The molecule has 10 rings (SSSR count). The first kappa shape index (κ1) is 31.6. The van der Waals surface area contributed by atoms with Gasteiger partial charge in [-0.2, -0.15) is 0 Å². The zero-order valence-corrected chi connectivity index (χ0v) is 29.5. The van der Waals surface area contributed by atoms with Gasteiger partial charge in [0.1, 0.15) is 0 Å². The van der Waals surface area contributed by atoms with Crippen LogP contribution in [0.4, 0.5) is 0 Å². The minimum absolute atomic E-state index is 0.714. The Hall–Kier alpha value is -7.16. The largest absolute Gasteiger partial charge is 0.228 e. The normalized spacial score (nSPS) is 11.3. The van der Waals surface area contributed by atoms with Gasteiger partial charge in [-0.15, -0.1) is 0 Å². The molecule has 9 aromatic carbocycles. The average Bonchev–Trinajstić information content (AvgIpc) is 3.27. The Kier molecular flexibility index (Phi) is 7.85. The topological polar surface area (TPSA) is 25.8 Å². The van der Waals surface area contributed by atoms with Crippen molar-refractivity contribution in [3.8, 4) is 67.3 Å². The predicted molar refractivity (Wildman–Crippen MR) is 227 cm³/mol. The first-order valence-corrected chi connectivity index (χ1v) is 18.4. The van der Waals surface area contributed by atoms with E-state index in [1.165, 1.54) is 60.1 Å². The summed E-state index contributed by atoms with van der Waals surface area (Å²) in [4.78, 5) is 9.99. The van der Waals surface area contributed by atoms with E-state index in [1.807, 2.05) is 36.4 Å². The summed E-state index contributed by atoms with van der Waals surface area (Å²) >= 11 is 0. The maximum Gasteiger partial charge on any atom is 0.160 e. The van der Waals surface area contributed by atoms with Gasteiger partial charge in [-0.05, 0) is 77.8 Å². The third-order valence-electron chi connectivity index (χ3n) is 10.5. The van der Waals surface area contributed by atoms with Crippen LogP contribution in [0.15, 0.2) is 206 Å². The van der Waals surface area contributed by atoms with Gasteiger partial charge in [-0.25, -0.2) is 9.97 Å². The molecule has 10 aromatic rings. The predicted octanol–water partition coefficient (Wildman–Crippen LogP) is 13.9. The first-order valence-electron chi connectivity index (χ1n) is 18.4. The fourth-order valence-electron chi connectivity index (χ4n) is 7.70. The van der Waals surface area contributed by atoms with Crippen LogP contribution < -0.4 is 0 Å². The molecule has 0 saturated heterocycles. The van der Waals surface area contributed by atoms with Crippen LogP contribution in [0.5, 0.6) is 0 Å². The Morgan fingerprint density at radius 1 is 0.204 bits per heavy atom. The molecule has 1 heterocycles. The van der Waals surface area contributed by atoms with Crippen molar-refractivity contribution in [2.75, 3.05) is 0 Å². The third kappa shape index (κ3) is 5.81. The maximum absolute atomic E-state index is 5.00. The first-order chi connectivity index (χ1) is 26.7. The molecule has 2 nitrogen and oxygen atoms in total. The van der Waals surface area contributed by atoms with Crippen LogP contribution in [0.3, 0.4) is 0 Å². The summed E-state index contributed by atoms with van der Waals surface area (Å²) in [6, 6.07) is 73.4. The van der Waals surface area contributed by atoms with E-state index in [9.17, 15) is 0 Å². The van der Waals surface area contributed by atoms with Gasteiger partial charge in [0.25, 0.3) is 0 Å². The monoisotopic (exact) mass is 686 g/mol. The minimum atomic E-state index is 0.714. The van der Waals surface area contributed by atoms with Gasteiger partial charge in [0.2, 0.25) is 0 Å². The van der Waals surface area contributed by atoms with E-state index in [4.69, 9.17) is 9.97 Å². The van der Waals surface area contributed by atoms with E-state index in [0.717, 1.165) is 33.6 Å². The maximum atomic E-state index is 5.00. The Morgan fingerprint density at radius 2 is 0.519 bits per heavy atom. The number of hydrogen-bond acceptors (Lipinski definition) is 2. The zero-order valence-electron chi connectivity index (χ0n) is 29.5. The van der Waals surface area contributed by atoms with Gasteiger partial charge in [0, 0.05) is 16.7 Å². The molecule has 0 aliphatic carbocycles. The summed E-state index contributed by atoms with van der Waals surface area (Å²) in [5, 5.41) is 7.78. The molecule has 2 heteroatoms. The number of aromatic nitrogens is 2. The molecule has 1 aromatic heterocycles. The van der Waals surface area contributed by atoms with Crippen LogP contribution in [0.2, 0.25) is 0 Å². The molecule has 54 heavy (non-hydrogen) atoms. The smallest absolute Gasteiger partial charge is 0.160 e. The van der Waals surface area contributed by atoms with Crippen molar-refractivity contribution in [1.29, 1.82) is 0 Å². The van der Waals surface area contributed by atoms with Crippen LogP contribution >= 0.6 is 0 Å². The number of rotatable bonds is 6. The summed E-state index contributed by atoms with van der Waals surface area (Å²) in [6.07, 6.45) is 0. The molecule has 0 saturated carbocycles. The number of nitrogens with zero attached hydrogens (tertiary/aromatic N) is 2. The number of benzene rings is 9. The lowest BCUT2D eigenvalue weighted by Crippen LogP contribution is -1.95. The number of hydrogen-bond donors (Lipinski definition) is 0. The standard InChI is InChI=1S/C52H34N2/c1-3-11-40(12-4-1)50-34-51(41-13-5-2-6-14-41)54-52(53-50)42-29-27-38(28-30-42)36-21-19-35(20-22-36)37-23-25-39(26-24-37)43-31-32-48-46-17-8-7-15-44(46)45-16-9-10-18-47(45)49(48)33-43/h1-34H. The van der Waals surface area contributed by atoms with Gasteiger partial charge < -0.3 is 0 Å². The quantitative estimate of drug-likeness (QED) is 0.163. The van der Waals surface area contributed by atoms with Crippen molar-refractivity contribution in [2.24, 2.45) is 0 Å². The summed E-state index contributed by atoms with van der Waals surface area (Å²) in [6.45, 7) is 0. The highest BCUT2D eigenvalue weighted by atomic mass is 14.9. The lowest BCUT2D eigenvalue weighted by atomic mass is 9.91. The molecule has 0 bridgehead atoms. The van der Waals surface area contributed by atoms with Crippen LogP contribution in [0.1, 0.15) is 0 Å². The van der Waals surface area contributed by atoms with Crippen molar-refractivity contribution in [2.45, 2.75) is 0 Å². The summed E-state index contributed by atoms with van der Waals surface area (Å²) in [7, 11) is 0. The fraction of sp³-hybridized carbons (Fsp3) is 0. The Balaban J connectivity index is 0.914. The van der Waals surface area contributed by atoms with Crippen LogP contribution in [-0.4, -0.2) is 9.97 Å². The van der Waals surface area contributed by atoms with Gasteiger partial charge in [-0.3, -0.25) is 0 Å². The molecular weight excluding hydrogens is 653 g/mol. The fourth-order valence-corrected chi connectivity index (χ4v) is 7.70. The van der Waals surface area contributed by atoms with E-state index in [-0.39, 0.29) is 0 Å². The zero-order chi connectivity index (χ0) is 35.8. The SMILES string of the molecule is c1ccc(-c2cc(-c3ccccc3)nc(-c3ccc(-c4ccc(-c5ccc(-c6ccc7c8ccccc8c8ccccc8c7c6)cc5)cc4)cc3)n2)cc1. The second kappa shape index (κ2) is 13.4. The van der Waals surface area contributed by atoms with Gasteiger partial charge in [0.15, 0.2) is 5.82 Å². The molecule has 0 unspecified atom stereocenters. The highest BCUT2D eigenvalue weighted by Gasteiger charge is 2.12. The van der Waals surface area contributed by atoms with E-state index < -0.39 is 0 Å². The van der Waals surface area contributed by atoms with E-state index in [1.54, 1.807) is 0 Å². The summed E-state index contributed by atoms with van der Waals surface area (Å²) in [5.74, 6) is 0.714. The van der Waals surface area contributed by atoms with Crippen LogP contribution in [-0.2, 0) is 0 Å². The third-order valence-corrected chi connectivity index (χ3v) is 10.5. The van der Waals surface area contributed by atoms with Crippen molar-refractivity contribution >= 4 is 32.3 Å². The highest BCUT2D eigenvalue weighted by molar-refractivity contribution is 6.25. The van der Waals surface area contributed by atoms with E-state index in [2.05, 4.69) is 170 Å². The summed E-state index contributed by atoms with van der Waals surface area (Å²) < 4.78 is 0. The minimum Gasteiger partial charge on any atom is -0.228 e. The Morgan fingerprint density at radius 3 is 0.944 bits per heavy atom. The molecule has 252 valence electrons. The molecule has 0 aliphatic rings. The molecule has 0 aliphatic heterocycles. The van der Waals surface area contributed by atoms with Crippen LogP contribution in [0, 0.1) is 0 Å². The van der Waals surface area contributed by atoms with Crippen LogP contribution in [0.25, 0.3) is 99.6 Å². The van der Waals surface area contributed by atoms with Gasteiger partial charge in [0.05, 0.1) is 11.4 Å². The van der Waals surface area contributed by atoms with Crippen molar-refractivity contribution in [3.05, 3.63) is 206 Å². The molecule has 0 amide bonds. The van der Waals surface area contributed by atoms with Gasteiger partial charge >= 0.3 is 0 Å². The second-order valence-corrected chi connectivity index (χ2v) is 13.8. The Bertz CT molecular complexity index is 2840. The van der Waals surface area contributed by atoms with E-state index in [0.29, 0.717) is 5.82 Å². The van der Waals surface area contributed by atoms with Gasteiger partial charge in [-0.1, -0.05) is 194 Å². The van der Waals surface area contributed by atoms with E-state index >= 15 is 0 Å².